The van der Waals surface area contributed by atoms with Gasteiger partial charge in [-0.05, 0) is 37.1 Å². The number of nitrogens with zero attached hydrogens (tertiary/aromatic N) is 5. The molecule has 29 heavy (non-hydrogen) atoms. The lowest BCUT2D eigenvalue weighted by molar-refractivity contribution is -0.136. The lowest BCUT2D eigenvalue weighted by atomic mass is 10.1. The number of carbonyl (C=O) groups excluding carboxylic acids is 2. The molecule has 0 spiro atoms. The highest BCUT2D eigenvalue weighted by molar-refractivity contribution is 6.03. The van der Waals surface area contributed by atoms with Crippen LogP contribution in [0.2, 0.25) is 0 Å². The summed E-state index contributed by atoms with van der Waals surface area (Å²) < 4.78 is 5.74. The van der Waals surface area contributed by atoms with E-state index in [2.05, 4.69) is 4.99 Å². The van der Waals surface area contributed by atoms with Gasteiger partial charge < -0.3 is 24.5 Å². The number of ether oxygens (including phenoxy) is 1. The molecule has 3 amide bonds. The van der Waals surface area contributed by atoms with E-state index in [-0.39, 0.29) is 19.1 Å². The number of guanidine groups is 1. The first-order chi connectivity index (χ1) is 13.6. The maximum absolute atomic E-state index is 12.8. The van der Waals surface area contributed by atoms with Gasteiger partial charge in [0.2, 0.25) is 0 Å². The summed E-state index contributed by atoms with van der Waals surface area (Å²) in [5, 5.41) is 10.6. The maximum Gasteiger partial charge on any atom is 0.328 e. The van der Waals surface area contributed by atoms with Crippen LogP contribution in [0.1, 0.15) is 11.1 Å². The SMILES string of the molecule is Cc1ccc(OCC(O)CN2C(N(C)C)=NC3C2C(=O)N(C)C(=O)N3C)cc1C. The smallest absolute Gasteiger partial charge is 0.328 e. The van der Waals surface area contributed by atoms with Crippen LogP contribution in [-0.2, 0) is 4.79 Å². The van der Waals surface area contributed by atoms with Crippen molar-refractivity contribution in [2.24, 2.45) is 4.99 Å². The minimum atomic E-state index is -0.846. The molecule has 9 nitrogen and oxygen atoms in total. The second kappa shape index (κ2) is 7.90. The standard InChI is InChI=1S/C20H29N5O4/c1-12-7-8-15(9-13(12)2)29-11-14(26)10-25-16-17(21-19(25)22(3)4)23(5)20(28)24(6)18(16)27/h7-9,14,16-17,26H,10-11H2,1-6H3. The molecule has 1 fully saturated rings. The highest BCUT2D eigenvalue weighted by Crippen LogP contribution is 2.28. The molecule has 2 aliphatic rings. The van der Waals surface area contributed by atoms with Gasteiger partial charge in [0.05, 0.1) is 6.54 Å². The molecule has 0 saturated carbocycles. The fraction of sp³-hybridized carbons (Fsp3) is 0.550. The number of benzene rings is 1. The molecule has 0 bridgehead atoms. The van der Waals surface area contributed by atoms with E-state index in [4.69, 9.17) is 4.74 Å². The van der Waals surface area contributed by atoms with Gasteiger partial charge >= 0.3 is 6.03 Å². The molecule has 1 saturated heterocycles. The van der Waals surface area contributed by atoms with Crippen molar-refractivity contribution >= 4 is 17.9 Å². The molecule has 3 atom stereocenters. The molecule has 1 aromatic carbocycles. The van der Waals surface area contributed by atoms with E-state index < -0.39 is 24.3 Å². The van der Waals surface area contributed by atoms with Crippen LogP contribution in [0.5, 0.6) is 5.75 Å². The van der Waals surface area contributed by atoms with Crippen molar-refractivity contribution < 1.29 is 19.4 Å². The van der Waals surface area contributed by atoms with Crippen LogP contribution < -0.4 is 4.74 Å². The van der Waals surface area contributed by atoms with Gasteiger partial charge in [-0.1, -0.05) is 6.07 Å². The number of carbonyl (C=O) groups is 2. The van der Waals surface area contributed by atoms with Crippen LogP contribution in [-0.4, -0.2) is 102 Å². The summed E-state index contributed by atoms with van der Waals surface area (Å²) in [7, 11) is 6.72. The fourth-order valence-corrected chi connectivity index (χ4v) is 3.59. The van der Waals surface area contributed by atoms with E-state index in [1.807, 2.05) is 46.1 Å². The molecule has 3 rings (SSSR count). The second-order valence-electron chi connectivity index (χ2n) is 7.84. The number of aryl methyl sites for hydroxylation is 2. The predicted octanol–water partition coefficient (Wildman–Crippen LogP) is 0.495. The van der Waals surface area contributed by atoms with E-state index in [0.29, 0.717) is 11.7 Å². The summed E-state index contributed by atoms with van der Waals surface area (Å²) in [6.45, 7) is 4.27. The summed E-state index contributed by atoms with van der Waals surface area (Å²) in [6.07, 6.45) is -1.46. The number of amides is 3. The highest BCUT2D eigenvalue weighted by Gasteiger charge is 2.51. The van der Waals surface area contributed by atoms with Crippen molar-refractivity contribution in [2.75, 3.05) is 41.3 Å². The van der Waals surface area contributed by atoms with Crippen LogP contribution in [0.15, 0.2) is 23.2 Å². The Morgan fingerprint density at radius 3 is 2.52 bits per heavy atom. The van der Waals surface area contributed by atoms with Crippen molar-refractivity contribution in [1.82, 2.24) is 19.6 Å². The Balaban J connectivity index is 1.73. The first-order valence-corrected chi connectivity index (χ1v) is 9.56. The normalized spacial score (nSPS) is 22.6. The number of fused-ring (bicyclic) bond motifs is 1. The summed E-state index contributed by atoms with van der Waals surface area (Å²) in [5.41, 5.74) is 2.29. The van der Waals surface area contributed by atoms with Crippen LogP contribution in [0.3, 0.4) is 0 Å². The number of aliphatic hydroxyl groups is 1. The first kappa shape index (κ1) is 20.9. The molecular weight excluding hydrogens is 374 g/mol. The molecule has 2 aliphatic heterocycles. The predicted molar refractivity (Wildman–Crippen MR) is 109 cm³/mol. The number of hydrogen-bond donors (Lipinski definition) is 1. The molecule has 1 N–H and O–H groups in total. The fourth-order valence-electron chi connectivity index (χ4n) is 3.59. The molecule has 3 unspecified atom stereocenters. The highest BCUT2D eigenvalue weighted by atomic mass is 16.5. The Hall–Kier alpha value is -2.81. The van der Waals surface area contributed by atoms with Gasteiger partial charge in [0.1, 0.15) is 18.5 Å². The lowest BCUT2D eigenvalue weighted by Gasteiger charge is -2.40. The lowest BCUT2D eigenvalue weighted by Crippen LogP contribution is -2.65. The summed E-state index contributed by atoms with van der Waals surface area (Å²) >= 11 is 0. The quantitative estimate of drug-likeness (QED) is 0.770. The van der Waals surface area contributed by atoms with Crippen molar-refractivity contribution in [2.45, 2.75) is 32.2 Å². The number of β-amino-alcohol motifs (C(OH)–C–C–N with tert-alkyl or cyclic N) is 1. The molecule has 0 aromatic heterocycles. The maximum atomic E-state index is 12.8. The minimum absolute atomic E-state index is 0.0793. The van der Waals surface area contributed by atoms with E-state index >= 15 is 0 Å². The van der Waals surface area contributed by atoms with Gasteiger partial charge in [-0.3, -0.25) is 9.69 Å². The van der Waals surface area contributed by atoms with Crippen LogP contribution in [0, 0.1) is 13.8 Å². The number of aliphatic imine (C=N–C) groups is 1. The van der Waals surface area contributed by atoms with Gasteiger partial charge in [0, 0.05) is 28.2 Å². The van der Waals surface area contributed by atoms with E-state index in [9.17, 15) is 14.7 Å². The first-order valence-electron chi connectivity index (χ1n) is 9.56. The molecule has 158 valence electrons. The topological polar surface area (TPSA) is 88.9 Å². The Morgan fingerprint density at radius 1 is 1.21 bits per heavy atom. The minimum Gasteiger partial charge on any atom is -0.491 e. The average Bonchev–Trinajstić information content (AvgIpc) is 3.05. The Labute approximate surface area is 171 Å². The van der Waals surface area contributed by atoms with Gasteiger partial charge in [0.25, 0.3) is 5.91 Å². The molecule has 9 heteroatoms. The number of imide groups is 1. The number of rotatable bonds is 5. The van der Waals surface area contributed by atoms with E-state index in [0.717, 1.165) is 10.5 Å². The summed E-state index contributed by atoms with van der Waals surface area (Å²) in [5.74, 6) is 0.904. The number of aliphatic hydroxyl groups excluding tert-OH is 1. The zero-order valence-corrected chi connectivity index (χ0v) is 17.8. The Morgan fingerprint density at radius 2 is 1.90 bits per heavy atom. The molecule has 2 heterocycles. The van der Waals surface area contributed by atoms with Crippen molar-refractivity contribution in [3.63, 3.8) is 0 Å². The third-order valence-electron chi connectivity index (χ3n) is 5.42. The van der Waals surface area contributed by atoms with E-state index in [1.54, 1.807) is 16.8 Å². The number of hydrogen-bond acceptors (Lipinski definition) is 7. The Bertz CT molecular complexity index is 840. The summed E-state index contributed by atoms with van der Waals surface area (Å²) in [6, 6.07) is 4.71. The third-order valence-corrected chi connectivity index (χ3v) is 5.42. The monoisotopic (exact) mass is 403 g/mol. The second-order valence-corrected chi connectivity index (χ2v) is 7.84. The Kier molecular flexibility index (Phi) is 5.70. The molecular formula is C20H29N5O4. The summed E-state index contributed by atoms with van der Waals surface area (Å²) in [4.78, 5) is 35.7. The average molecular weight is 403 g/mol. The van der Waals surface area contributed by atoms with E-state index in [1.165, 1.54) is 17.5 Å². The van der Waals surface area contributed by atoms with Gasteiger partial charge in [0.15, 0.2) is 18.2 Å². The van der Waals surface area contributed by atoms with Crippen LogP contribution in [0.4, 0.5) is 4.79 Å². The van der Waals surface area contributed by atoms with Crippen molar-refractivity contribution in [3.05, 3.63) is 29.3 Å². The van der Waals surface area contributed by atoms with Gasteiger partial charge in [-0.25, -0.2) is 9.79 Å². The van der Waals surface area contributed by atoms with Gasteiger partial charge in [-0.2, -0.15) is 0 Å². The number of likely N-dealkylation sites (N-methyl/N-ethyl adjacent to an activating group) is 2. The molecule has 0 aliphatic carbocycles. The van der Waals surface area contributed by atoms with Crippen molar-refractivity contribution in [1.29, 1.82) is 0 Å². The zero-order chi connectivity index (χ0) is 21.5. The largest absolute Gasteiger partial charge is 0.491 e. The molecule has 0 radical (unpaired) electrons. The molecule has 1 aromatic rings. The van der Waals surface area contributed by atoms with Crippen molar-refractivity contribution in [3.8, 4) is 5.75 Å². The van der Waals surface area contributed by atoms with Gasteiger partial charge in [-0.15, -0.1) is 0 Å². The number of urea groups is 1. The van der Waals surface area contributed by atoms with Crippen LogP contribution >= 0.6 is 0 Å². The van der Waals surface area contributed by atoms with Crippen LogP contribution in [0.25, 0.3) is 0 Å². The third kappa shape index (κ3) is 3.87. The zero-order valence-electron chi connectivity index (χ0n) is 17.8.